The number of allylic oxidation sites excluding steroid dienone is 1. The molecule has 1 aromatic heterocycles. The zero-order chi connectivity index (χ0) is 17.1. The van der Waals surface area contributed by atoms with Crippen LogP contribution < -0.4 is 5.32 Å². The zero-order valence-electron chi connectivity index (χ0n) is 16.5. The average Bonchev–Trinajstić information content (AvgIpc) is 3.12. The van der Waals surface area contributed by atoms with Crippen LogP contribution in [0.2, 0.25) is 0 Å². The normalized spacial score (nSPS) is 10.2. The molecule has 1 aliphatic rings. The van der Waals surface area contributed by atoms with Crippen LogP contribution in [0.3, 0.4) is 0 Å². The molecule has 4 radical (unpaired) electrons. The van der Waals surface area contributed by atoms with E-state index in [0.717, 1.165) is 29.2 Å². The van der Waals surface area contributed by atoms with E-state index >= 15 is 0 Å². The van der Waals surface area contributed by atoms with Crippen molar-refractivity contribution in [2.45, 2.75) is 27.7 Å². The number of nitrogens with zero attached hydrogens (tertiary/aromatic N) is 3. The summed E-state index contributed by atoms with van der Waals surface area (Å²) in [4.78, 5) is 12.9. The van der Waals surface area contributed by atoms with E-state index in [1.54, 1.807) is 12.4 Å². The van der Waals surface area contributed by atoms with Crippen molar-refractivity contribution < 1.29 is 32.7 Å². The Morgan fingerprint density at radius 1 is 1.08 bits per heavy atom. The van der Waals surface area contributed by atoms with Crippen LogP contribution in [0.25, 0.3) is 11.4 Å². The van der Waals surface area contributed by atoms with Crippen LogP contribution in [0, 0.1) is 14.4 Å². The van der Waals surface area contributed by atoms with E-state index < -0.39 is 0 Å². The van der Waals surface area contributed by atoms with Gasteiger partial charge in [-0.15, -0.1) is 6.07 Å². The average molecular weight is 424 g/mol. The monoisotopic (exact) mass is 424 g/mol. The van der Waals surface area contributed by atoms with Crippen molar-refractivity contribution >= 4 is 20.4 Å². The molecule has 0 fully saturated rings. The molecule has 1 aliphatic heterocycles. The molecular formula is C20H28BN4Y-2. The number of benzene rings is 1. The zero-order valence-corrected chi connectivity index (χ0v) is 19.4. The van der Waals surface area contributed by atoms with Gasteiger partial charge in [0.1, 0.15) is 11.6 Å². The summed E-state index contributed by atoms with van der Waals surface area (Å²) in [7, 11) is 0. The first-order chi connectivity index (χ1) is 11.3. The van der Waals surface area contributed by atoms with E-state index in [2.05, 4.69) is 27.2 Å². The maximum absolute atomic E-state index is 4.50. The Labute approximate surface area is 186 Å². The Morgan fingerprint density at radius 2 is 1.77 bits per heavy atom. The van der Waals surface area contributed by atoms with Gasteiger partial charge in [0.05, 0.1) is 12.2 Å². The number of anilines is 1. The molecule has 6 heteroatoms. The fourth-order valence-corrected chi connectivity index (χ4v) is 1.86. The Hall–Kier alpha value is -1.45. The van der Waals surface area contributed by atoms with E-state index in [0.29, 0.717) is 5.82 Å². The fraction of sp³-hybridized carbons (Fsp3) is 0.250. The van der Waals surface area contributed by atoms with Gasteiger partial charge in [-0.1, -0.05) is 33.8 Å². The predicted molar refractivity (Wildman–Crippen MR) is 112 cm³/mol. The van der Waals surface area contributed by atoms with Gasteiger partial charge in [0.15, 0.2) is 0 Å². The Kier molecular flexibility index (Phi) is 19.2. The summed E-state index contributed by atoms with van der Waals surface area (Å²) in [5, 5.41) is 3.21. The summed E-state index contributed by atoms with van der Waals surface area (Å²) < 4.78 is 0. The van der Waals surface area contributed by atoms with Crippen LogP contribution in [-0.4, -0.2) is 31.1 Å². The van der Waals surface area contributed by atoms with Gasteiger partial charge in [0.25, 0.3) is 0 Å². The number of rotatable bonds is 3. The van der Waals surface area contributed by atoms with E-state index in [4.69, 9.17) is 0 Å². The molecule has 0 spiro atoms. The molecule has 0 unspecified atom stereocenters. The minimum absolute atomic E-state index is 0. The topological polar surface area (TPSA) is 50.2 Å². The van der Waals surface area contributed by atoms with Gasteiger partial charge in [-0.05, 0) is 17.7 Å². The molecular weight excluding hydrogens is 396 g/mol. The molecule has 0 amide bonds. The molecule has 0 bridgehead atoms. The largest absolute Gasteiger partial charge is 0.358 e. The molecule has 136 valence electrons. The number of aliphatic imine (C=N–C) groups is 1. The maximum atomic E-state index is 4.50. The quantitative estimate of drug-likeness (QED) is 0.568. The number of hydrogen-bond donors (Lipinski definition) is 1. The SMILES string of the molecule is CC.CC.[B].[CH2-]c1cccc(-c2nccc(NC3=CCN=C3)n2)c1.[CH3-].[Y]. The summed E-state index contributed by atoms with van der Waals surface area (Å²) in [5.41, 5.74) is 2.88. The second-order valence-electron chi connectivity index (χ2n) is 4.24. The third-order valence-electron chi connectivity index (χ3n) is 2.76. The van der Waals surface area contributed by atoms with Crippen LogP contribution in [0.5, 0.6) is 0 Å². The van der Waals surface area contributed by atoms with Crippen molar-refractivity contribution in [3.8, 4) is 11.4 Å². The van der Waals surface area contributed by atoms with E-state index in [9.17, 15) is 0 Å². The number of hydrogen-bond acceptors (Lipinski definition) is 4. The van der Waals surface area contributed by atoms with Gasteiger partial charge >= 0.3 is 0 Å². The molecule has 4 nitrogen and oxygen atoms in total. The summed E-state index contributed by atoms with van der Waals surface area (Å²) in [6, 6.07) is 9.68. The standard InChI is InChI=1S/C15H13N4.2C2H6.CH3.B.Y/c1-11-3-2-4-12(9-11)15-17-8-6-14(19-15)18-13-5-7-16-10-13;2*1-2;;;/h2-6,8-10H,1,7H2,(H,17,18,19);2*1-2H3;1H3;;/q-1;;;-1;;. The van der Waals surface area contributed by atoms with Crippen LogP contribution in [0.4, 0.5) is 5.82 Å². The third kappa shape index (κ3) is 9.30. The number of aromatic nitrogens is 2. The third-order valence-corrected chi connectivity index (χ3v) is 2.76. The smallest absolute Gasteiger partial charge is 0.149 e. The van der Waals surface area contributed by atoms with E-state index in [1.165, 1.54) is 0 Å². The van der Waals surface area contributed by atoms with Gasteiger partial charge in [0, 0.05) is 53.5 Å². The first-order valence-corrected chi connectivity index (χ1v) is 8.04. The second-order valence-corrected chi connectivity index (χ2v) is 4.24. The molecule has 26 heavy (non-hydrogen) atoms. The molecule has 2 heterocycles. The molecule has 0 atom stereocenters. The molecule has 0 saturated carbocycles. The van der Waals surface area contributed by atoms with Crippen LogP contribution in [0.15, 0.2) is 53.3 Å². The summed E-state index contributed by atoms with van der Waals surface area (Å²) in [5.74, 6) is 1.45. The van der Waals surface area contributed by atoms with Crippen LogP contribution >= 0.6 is 0 Å². The van der Waals surface area contributed by atoms with Crippen molar-refractivity contribution in [3.63, 3.8) is 0 Å². The predicted octanol–water partition coefficient (Wildman–Crippen LogP) is 4.83. The van der Waals surface area contributed by atoms with E-state index in [1.807, 2.05) is 64.1 Å². The van der Waals surface area contributed by atoms with Gasteiger partial charge < -0.3 is 12.7 Å². The van der Waals surface area contributed by atoms with E-state index in [-0.39, 0.29) is 48.5 Å². The molecule has 0 saturated heterocycles. The van der Waals surface area contributed by atoms with Crippen LogP contribution in [0.1, 0.15) is 33.3 Å². The fourth-order valence-electron chi connectivity index (χ4n) is 1.86. The molecule has 0 aliphatic carbocycles. The maximum Gasteiger partial charge on any atom is 0.149 e. The Balaban J connectivity index is -0.000000709. The van der Waals surface area contributed by atoms with Crippen molar-refractivity contribution in [1.82, 2.24) is 9.97 Å². The van der Waals surface area contributed by atoms with Gasteiger partial charge in [-0.2, -0.15) is 24.6 Å². The molecule has 1 aromatic carbocycles. The van der Waals surface area contributed by atoms with Crippen molar-refractivity contribution in [2.24, 2.45) is 4.99 Å². The summed E-state index contributed by atoms with van der Waals surface area (Å²) in [6.07, 6.45) is 5.56. The van der Waals surface area contributed by atoms with Crippen molar-refractivity contribution in [3.05, 3.63) is 68.2 Å². The van der Waals surface area contributed by atoms with Gasteiger partial charge in [-0.25, -0.2) is 9.97 Å². The molecule has 2 aromatic rings. The number of nitrogens with one attached hydrogen (secondary N) is 1. The van der Waals surface area contributed by atoms with Crippen molar-refractivity contribution in [2.75, 3.05) is 11.9 Å². The minimum atomic E-state index is 0. The van der Waals surface area contributed by atoms with Crippen molar-refractivity contribution in [1.29, 1.82) is 0 Å². The Morgan fingerprint density at radius 3 is 2.35 bits per heavy atom. The van der Waals surface area contributed by atoms with Gasteiger partial charge in [0.2, 0.25) is 0 Å². The van der Waals surface area contributed by atoms with Gasteiger partial charge in [-0.3, -0.25) is 4.99 Å². The first kappa shape index (κ1) is 29.3. The second kappa shape index (κ2) is 17.0. The Bertz CT molecular complexity index is 672. The minimum Gasteiger partial charge on any atom is -0.358 e. The first-order valence-electron chi connectivity index (χ1n) is 8.04. The summed E-state index contributed by atoms with van der Waals surface area (Å²) in [6.45, 7) is 12.6. The molecule has 1 N–H and O–H groups in total. The molecule has 3 rings (SSSR count). The summed E-state index contributed by atoms with van der Waals surface area (Å²) >= 11 is 0. The van der Waals surface area contributed by atoms with Crippen LogP contribution in [-0.2, 0) is 32.7 Å².